The van der Waals surface area contributed by atoms with Gasteiger partial charge in [0.25, 0.3) is 0 Å². The minimum Gasteiger partial charge on any atom is -1.00 e. The minimum atomic E-state index is 0. The molecule has 0 aromatic carbocycles. The predicted molar refractivity (Wildman–Crippen MR) is 2.22 cm³/mol. The molecule has 0 rings (SSSR count). The summed E-state index contributed by atoms with van der Waals surface area (Å²) < 4.78 is 0. The quantitative estimate of drug-likeness (QED) is 0.389. The summed E-state index contributed by atoms with van der Waals surface area (Å²) in [5, 5.41) is 0. The van der Waals surface area contributed by atoms with Gasteiger partial charge in [-0.3, -0.25) is 0 Å². The average molecular weight is 321 g/mol. The minimum absolute atomic E-state index is 0. The molecule has 0 fully saturated rings. The molecule has 0 aromatic rings. The zero-order valence-electron chi connectivity index (χ0n) is 4.58. The summed E-state index contributed by atoms with van der Waals surface area (Å²) in [6, 6.07) is 0. The largest absolute Gasteiger partial charge is 1.00 e. The van der Waals surface area contributed by atoms with Crippen molar-refractivity contribution in [2.45, 2.75) is 0 Å². The summed E-state index contributed by atoms with van der Waals surface area (Å²) in [4.78, 5) is 0. The molecule has 0 N–H and O–H groups in total. The third kappa shape index (κ3) is 59.7. The van der Waals surface area contributed by atoms with Crippen molar-refractivity contribution in [1.29, 1.82) is 0 Å². The van der Waals surface area contributed by atoms with Gasteiger partial charge >= 0.3 is 2.85 Å². The molecule has 0 saturated carbocycles. The molecule has 0 amide bonds. The zero-order chi connectivity index (χ0) is 0. The van der Waals surface area contributed by atoms with Crippen LogP contribution in [0.25, 0.3) is 0 Å². The van der Waals surface area contributed by atoms with E-state index in [9.17, 15) is 0 Å². The van der Waals surface area contributed by atoms with E-state index >= 15 is 0 Å². The molecule has 0 unspecified atom stereocenters. The second-order valence-electron chi connectivity index (χ2n) is 0. The molecule has 7 heteroatoms. The predicted octanol–water partition coefficient (Wildman–Crippen LogP) is -17.8. The standard InChI is InChI=1S/6ClH.Pd/h6*1H;/p-4. The molecule has 0 radical (unpaired) electrons. The Hall–Kier alpha value is 2.40. The maximum Gasteiger partial charge on any atom is 1.00 e. The second kappa shape index (κ2) is 79.8. The van der Waals surface area contributed by atoms with E-state index in [-0.39, 0.29) is 97.7 Å². The summed E-state index contributed by atoms with van der Waals surface area (Å²) in [6.07, 6.45) is 0. The van der Waals surface area contributed by atoms with Crippen LogP contribution in [-0.2, 0) is 20.4 Å². The van der Waals surface area contributed by atoms with Gasteiger partial charge in [0.1, 0.15) is 0 Å². The first kappa shape index (κ1) is 115. The summed E-state index contributed by atoms with van der Waals surface area (Å²) in [7, 11) is 0. The van der Waals surface area contributed by atoms with Gasteiger partial charge in [0.2, 0.25) is 0 Å². The zero-order valence-corrected chi connectivity index (χ0v) is 8.67. The van der Waals surface area contributed by atoms with E-state index in [2.05, 4.69) is 0 Å². The average Bonchev–Trinajstić information content (AvgIpc) is 0. The number of rotatable bonds is 0. The van der Waals surface area contributed by atoms with Crippen molar-refractivity contribution in [2.75, 3.05) is 0 Å². The SMILES string of the molecule is [Cl-].[Cl-].[Cl-].[Cl-].[Cl-].[Cl-].[H+].[H+].[Pd]. The van der Waals surface area contributed by atoms with Gasteiger partial charge in [0.15, 0.2) is 0 Å². The van der Waals surface area contributed by atoms with Gasteiger partial charge < -0.3 is 74.4 Å². The Bertz CT molecular complexity index is 11.0. The van der Waals surface area contributed by atoms with Crippen molar-refractivity contribution in [3.8, 4) is 0 Å². The van der Waals surface area contributed by atoms with Crippen molar-refractivity contribution < 1.29 is 97.7 Å². The van der Waals surface area contributed by atoms with E-state index in [0.29, 0.717) is 0 Å². The molecule has 0 aliphatic rings. The Kier molecular flexibility index (Phi) is 1310. The van der Waals surface area contributed by atoms with Crippen LogP contribution < -0.4 is 74.4 Å². The number of halogens is 6. The number of hydrogen-bond donors (Lipinski definition) is 0. The molecular formula is H2Cl6Pd-4. The van der Waals surface area contributed by atoms with Crippen LogP contribution in [0, 0.1) is 0 Å². The van der Waals surface area contributed by atoms with E-state index in [1.165, 1.54) is 0 Å². The summed E-state index contributed by atoms with van der Waals surface area (Å²) in [5.74, 6) is 0. The molecule has 0 atom stereocenters. The molecule has 0 heterocycles. The Balaban J connectivity index is 0. The van der Waals surface area contributed by atoms with Crippen LogP contribution >= 0.6 is 0 Å². The van der Waals surface area contributed by atoms with Gasteiger partial charge in [-0.25, -0.2) is 0 Å². The van der Waals surface area contributed by atoms with E-state index in [4.69, 9.17) is 0 Å². The molecule has 0 aliphatic carbocycles. The molecule has 0 bridgehead atoms. The second-order valence-corrected chi connectivity index (χ2v) is 0. The van der Waals surface area contributed by atoms with Gasteiger partial charge in [-0.05, 0) is 0 Å². The van der Waals surface area contributed by atoms with Crippen molar-refractivity contribution in [3.63, 3.8) is 0 Å². The van der Waals surface area contributed by atoms with Crippen LogP contribution in [0.1, 0.15) is 2.85 Å². The third-order valence-corrected chi connectivity index (χ3v) is 0. The smallest absolute Gasteiger partial charge is 1.00 e. The monoisotopic (exact) mass is 318 g/mol. The van der Waals surface area contributed by atoms with Crippen molar-refractivity contribution in [2.24, 2.45) is 0 Å². The summed E-state index contributed by atoms with van der Waals surface area (Å²) in [6.45, 7) is 0. The first-order chi connectivity index (χ1) is 0. The maximum atomic E-state index is 0. The molecule has 0 nitrogen and oxygen atoms in total. The van der Waals surface area contributed by atoms with Gasteiger partial charge in [0, 0.05) is 20.4 Å². The summed E-state index contributed by atoms with van der Waals surface area (Å²) >= 11 is 0. The Morgan fingerprint density at radius 1 is 0.429 bits per heavy atom. The Morgan fingerprint density at radius 3 is 0.429 bits per heavy atom. The maximum absolute atomic E-state index is 0. The van der Waals surface area contributed by atoms with Crippen LogP contribution in [0.2, 0.25) is 0 Å². The topological polar surface area (TPSA) is 0 Å². The van der Waals surface area contributed by atoms with Crippen LogP contribution in [0.5, 0.6) is 0 Å². The van der Waals surface area contributed by atoms with Crippen LogP contribution in [0.4, 0.5) is 0 Å². The molecule has 58 valence electrons. The van der Waals surface area contributed by atoms with Gasteiger partial charge in [-0.2, -0.15) is 0 Å². The number of hydrogen-bond acceptors (Lipinski definition) is 0. The molecular weight excluding hydrogens is 319 g/mol. The van der Waals surface area contributed by atoms with E-state index in [0.717, 1.165) is 0 Å². The van der Waals surface area contributed by atoms with Crippen LogP contribution in [0.3, 0.4) is 0 Å². The van der Waals surface area contributed by atoms with E-state index < -0.39 is 0 Å². The van der Waals surface area contributed by atoms with Crippen molar-refractivity contribution >= 4 is 0 Å². The van der Waals surface area contributed by atoms with E-state index in [1.807, 2.05) is 0 Å². The van der Waals surface area contributed by atoms with Crippen LogP contribution in [-0.4, -0.2) is 0 Å². The van der Waals surface area contributed by atoms with Crippen LogP contribution in [0.15, 0.2) is 0 Å². The van der Waals surface area contributed by atoms with Crippen molar-refractivity contribution in [1.82, 2.24) is 0 Å². The molecule has 0 saturated heterocycles. The third-order valence-electron chi connectivity index (χ3n) is 0. The first-order valence-electron chi connectivity index (χ1n) is 0. The molecule has 0 aromatic heterocycles. The molecule has 0 spiro atoms. The van der Waals surface area contributed by atoms with Gasteiger partial charge in [-0.1, -0.05) is 0 Å². The Labute approximate surface area is 97.0 Å². The van der Waals surface area contributed by atoms with E-state index in [1.54, 1.807) is 0 Å². The van der Waals surface area contributed by atoms with Crippen molar-refractivity contribution in [3.05, 3.63) is 0 Å². The molecule has 0 aliphatic heterocycles. The summed E-state index contributed by atoms with van der Waals surface area (Å²) in [5.41, 5.74) is 0. The fraction of sp³-hybridized carbons (Fsp3) is 0. The fourth-order valence-electron chi connectivity index (χ4n) is 0. The van der Waals surface area contributed by atoms with Gasteiger partial charge in [0.05, 0.1) is 0 Å². The normalized spacial score (nSPS) is 0. The first-order valence-corrected chi connectivity index (χ1v) is 0. The Morgan fingerprint density at radius 2 is 0.429 bits per heavy atom. The van der Waals surface area contributed by atoms with Gasteiger partial charge in [-0.15, -0.1) is 0 Å². The fourth-order valence-corrected chi connectivity index (χ4v) is 0. The molecule has 7 heavy (non-hydrogen) atoms.